The number of carboxylic acid groups (broad SMARTS) is 1. The summed E-state index contributed by atoms with van der Waals surface area (Å²) in [5.41, 5.74) is 2.29. The summed E-state index contributed by atoms with van der Waals surface area (Å²) in [6.07, 6.45) is 5.28. The minimum absolute atomic E-state index is 0.327. The smallest absolute Gasteiger partial charge is 0.316 e. The molecule has 0 amide bonds. The monoisotopic (exact) mass is 456 g/mol. The number of rotatable bonds is 10. The SMILES string of the molecule is CCOc1ncc(Nc2cc(C(C)(C)C(=O)O)ccc2N(CC(C)C)C2CCOCC2)cn1. The van der Waals surface area contributed by atoms with Crippen molar-refractivity contribution < 1.29 is 19.4 Å². The minimum atomic E-state index is -1.02. The van der Waals surface area contributed by atoms with Crippen molar-refractivity contribution in [3.63, 3.8) is 0 Å². The zero-order chi connectivity index (χ0) is 24.0. The summed E-state index contributed by atoms with van der Waals surface area (Å²) >= 11 is 0. The zero-order valence-corrected chi connectivity index (χ0v) is 20.3. The van der Waals surface area contributed by atoms with Crippen LogP contribution in [0.25, 0.3) is 0 Å². The van der Waals surface area contributed by atoms with Gasteiger partial charge < -0.3 is 24.8 Å². The summed E-state index contributed by atoms with van der Waals surface area (Å²) in [6, 6.07) is 6.59. The van der Waals surface area contributed by atoms with Gasteiger partial charge in [-0.05, 0) is 57.2 Å². The van der Waals surface area contributed by atoms with Crippen LogP contribution in [0, 0.1) is 5.92 Å². The van der Waals surface area contributed by atoms with E-state index in [1.807, 2.05) is 25.1 Å². The molecule has 0 spiro atoms. The molecule has 1 saturated heterocycles. The van der Waals surface area contributed by atoms with Gasteiger partial charge in [0.25, 0.3) is 0 Å². The predicted octanol–water partition coefficient (Wildman–Crippen LogP) is 4.62. The van der Waals surface area contributed by atoms with Gasteiger partial charge in [-0.25, -0.2) is 9.97 Å². The Kier molecular flexibility index (Phi) is 8.13. The first-order valence-electron chi connectivity index (χ1n) is 11.7. The molecule has 2 aromatic rings. The van der Waals surface area contributed by atoms with Crippen molar-refractivity contribution in [2.45, 2.75) is 58.9 Å². The quantitative estimate of drug-likeness (QED) is 0.534. The Morgan fingerprint density at radius 3 is 2.52 bits per heavy atom. The second kappa shape index (κ2) is 10.8. The fourth-order valence-corrected chi connectivity index (χ4v) is 3.97. The second-order valence-electron chi connectivity index (χ2n) is 9.36. The molecule has 1 aliphatic rings. The average molecular weight is 457 g/mol. The molecule has 33 heavy (non-hydrogen) atoms. The van der Waals surface area contributed by atoms with E-state index in [9.17, 15) is 9.90 Å². The summed E-state index contributed by atoms with van der Waals surface area (Å²) < 4.78 is 11.0. The van der Waals surface area contributed by atoms with Crippen molar-refractivity contribution in [2.24, 2.45) is 5.92 Å². The number of hydrogen-bond donors (Lipinski definition) is 2. The van der Waals surface area contributed by atoms with Crippen molar-refractivity contribution in [3.05, 3.63) is 36.2 Å². The van der Waals surface area contributed by atoms with Crippen LogP contribution in [0.15, 0.2) is 30.6 Å². The number of carbonyl (C=O) groups is 1. The molecule has 0 aliphatic carbocycles. The number of aliphatic carboxylic acids is 1. The van der Waals surface area contributed by atoms with Gasteiger partial charge in [-0.2, -0.15) is 0 Å². The second-order valence-corrected chi connectivity index (χ2v) is 9.36. The van der Waals surface area contributed by atoms with E-state index < -0.39 is 11.4 Å². The minimum Gasteiger partial charge on any atom is -0.481 e. The van der Waals surface area contributed by atoms with E-state index in [-0.39, 0.29) is 0 Å². The average Bonchev–Trinajstić information content (AvgIpc) is 2.79. The van der Waals surface area contributed by atoms with Crippen molar-refractivity contribution in [1.29, 1.82) is 0 Å². The molecule has 0 saturated carbocycles. The Labute approximate surface area is 196 Å². The normalized spacial score (nSPS) is 14.8. The Balaban J connectivity index is 2.03. The first-order chi connectivity index (χ1) is 15.7. The van der Waals surface area contributed by atoms with Crippen LogP contribution in [0.2, 0.25) is 0 Å². The van der Waals surface area contributed by atoms with Crippen LogP contribution < -0.4 is 15.0 Å². The van der Waals surface area contributed by atoms with Crippen LogP contribution in [0.5, 0.6) is 6.01 Å². The number of carboxylic acids is 1. The third-order valence-corrected chi connectivity index (χ3v) is 5.94. The van der Waals surface area contributed by atoms with E-state index in [4.69, 9.17) is 9.47 Å². The third-order valence-electron chi connectivity index (χ3n) is 5.94. The van der Waals surface area contributed by atoms with Gasteiger partial charge in [0, 0.05) is 25.8 Å². The fraction of sp³-hybridized carbons (Fsp3) is 0.560. The van der Waals surface area contributed by atoms with E-state index >= 15 is 0 Å². The molecule has 180 valence electrons. The van der Waals surface area contributed by atoms with E-state index in [0.717, 1.165) is 49.5 Å². The Morgan fingerprint density at radius 2 is 1.94 bits per heavy atom. The maximum absolute atomic E-state index is 11.9. The maximum atomic E-state index is 11.9. The molecule has 2 heterocycles. The van der Waals surface area contributed by atoms with E-state index in [0.29, 0.717) is 30.3 Å². The van der Waals surface area contributed by atoms with Crippen LogP contribution in [-0.4, -0.2) is 53.5 Å². The number of benzene rings is 1. The number of ether oxygens (including phenoxy) is 2. The molecule has 0 atom stereocenters. The topological polar surface area (TPSA) is 96.8 Å². The molecular formula is C25H36N4O4. The number of aromatic nitrogens is 2. The Morgan fingerprint density at radius 1 is 1.27 bits per heavy atom. The molecule has 8 nitrogen and oxygen atoms in total. The molecule has 1 fully saturated rings. The predicted molar refractivity (Wildman–Crippen MR) is 130 cm³/mol. The number of hydrogen-bond acceptors (Lipinski definition) is 7. The van der Waals surface area contributed by atoms with E-state index in [1.165, 1.54) is 0 Å². The van der Waals surface area contributed by atoms with Crippen molar-refractivity contribution in [2.75, 3.05) is 36.6 Å². The first kappa shape index (κ1) is 24.8. The molecule has 0 unspecified atom stereocenters. The van der Waals surface area contributed by atoms with Gasteiger partial charge in [0.1, 0.15) is 0 Å². The van der Waals surface area contributed by atoms with Gasteiger partial charge in [-0.1, -0.05) is 19.9 Å². The number of nitrogens with one attached hydrogen (secondary N) is 1. The molecule has 3 rings (SSSR count). The summed E-state index contributed by atoms with van der Waals surface area (Å²) in [5.74, 6) is -0.404. The van der Waals surface area contributed by atoms with Crippen LogP contribution in [-0.2, 0) is 14.9 Å². The lowest BCUT2D eigenvalue weighted by Gasteiger charge is -2.38. The summed E-state index contributed by atoms with van der Waals surface area (Å²) in [6.45, 7) is 12.6. The van der Waals surface area contributed by atoms with Crippen molar-refractivity contribution >= 4 is 23.0 Å². The van der Waals surface area contributed by atoms with Crippen molar-refractivity contribution in [1.82, 2.24) is 9.97 Å². The highest BCUT2D eigenvalue weighted by Crippen LogP contribution is 2.37. The fourth-order valence-electron chi connectivity index (χ4n) is 3.97. The molecule has 2 N–H and O–H groups in total. The molecule has 0 bridgehead atoms. The third kappa shape index (κ3) is 6.13. The standard InChI is InChI=1S/C25H36N4O4/c1-6-33-24-26-14-19(15-27-24)28-21-13-18(25(4,5)23(30)31)7-8-22(21)29(16-17(2)3)20-9-11-32-12-10-20/h7-8,13-15,17,20,28H,6,9-12,16H2,1-5H3,(H,30,31). The van der Waals surface area contributed by atoms with Gasteiger partial charge >= 0.3 is 12.0 Å². The highest BCUT2D eigenvalue weighted by Gasteiger charge is 2.31. The Bertz CT molecular complexity index is 925. The van der Waals surface area contributed by atoms with Crippen LogP contribution in [0.4, 0.5) is 17.1 Å². The number of anilines is 3. The number of nitrogens with zero attached hydrogens (tertiary/aromatic N) is 3. The van der Waals surface area contributed by atoms with Crippen LogP contribution >= 0.6 is 0 Å². The lowest BCUT2D eigenvalue weighted by atomic mass is 9.84. The molecule has 8 heteroatoms. The maximum Gasteiger partial charge on any atom is 0.316 e. The van der Waals surface area contributed by atoms with Gasteiger partial charge in [0.15, 0.2) is 0 Å². The highest BCUT2D eigenvalue weighted by molar-refractivity contribution is 5.83. The lowest BCUT2D eigenvalue weighted by molar-refractivity contribution is -0.142. The van der Waals surface area contributed by atoms with Crippen molar-refractivity contribution in [3.8, 4) is 6.01 Å². The summed E-state index contributed by atoms with van der Waals surface area (Å²) in [7, 11) is 0. The van der Waals surface area contributed by atoms with Gasteiger partial charge in [-0.15, -0.1) is 0 Å². The van der Waals surface area contributed by atoms with Gasteiger partial charge in [0.2, 0.25) is 0 Å². The molecule has 1 aliphatic heterocycles. The van der Waals surface area contributed by atoms with E-state index in [1.54, 1.807) is 26.2 Å². The Hall–Kier alpha value is -2.87. The van der Waals surface area contributed by atoms with E-state index in [2.05, 4.69) is 34.0 Å². The lowest BCUT2D eigenvalue weighted by Crippen LogP contribution is -2.42. The molecule has 0 radical (unpaired) electrons. The zero-order valence-electron chi connectivity index (χ0n) is 20.3. The molecule has 1 aromatic heterocycles. The summed E-state index contributed by atoms with van der Waals surface area (Å²) in [4.78, 5) is 22.9. The first-order valence-corrected chi connectivity index (χ1v) is 11.7. The molecule has 1 aromatic carbocycles. The highest BCUT2D eigenvalue weighted by atomic mass is 16.5. The summed E-state index contributed by atoms with van der Waals surface area (Å²) in [5, 5.41) is 13.2. The van der Waals surface area contributed by atoms with Gasteiger partial charge in [0.05, 0.1) is 41.5 Å². The van der Waals surface area contributed by atoms with Gasteiger partial charge in [-0.3, -0.25) is 4.79 Å². The van der Waals surface area contributed by atoms with Crippen LogP contribution in [0.3, 0.4) is 0 Å². The van der Waals surface area contributed by atoms with Crippen LogP contribution in [0.1, 0.15) is 53.0 Å². The largest absolute Gasteiger partial charge is 0.481 e. The molecular weight excluding hydrogens is 420 g/mol.